The van der Waals surface area contributed by atoms with Crippen molar-refractivity contribution in [2.45, 2.75) is 76.9 Å². The standard InChI is InChI=1S/C17H32N2O2/c1-2-14-9-11-18-16(13-14)17(20)19-10-6-12-21-15-7-4-3-5-8-15/h14-16,18H,2-13H2,1H3,(H,19,20). The summed E-state index contributed by atoms with van der Waals surface area (Å²) in [6.45, 7) is 4.70. The third kappa shape index (κ3) is 5.95. The summed E-state index contributed by atoms with van der Waals surface area (Å²) < 4.78 is 5.88. The Morgan fingerprint density at radius 3 is 2.81 bits per heavy atom. The van der Waals surface area contributed by atoms with E-state index in [2.05, 4.69) is 17.6 Å². The molecule has 2 aliphatic rings. The van der Waals surface area contributed by atoms with Crippen LogP contribution >= 0.6 is 0 Å². The molecule has 1 saturated carbocycles. The van der Waals surface area contributed by atoms with Gasteiger partial charge in [-0.25, -0.2) is 0 Å². The minimum Gasteiger partial charge on any atom is -0.378 e. The largest absolute Gasteiger partial charge is 0.378 e. The number of piperidine rings is 1. The molecule has 2 N–H and O–H groups in total. The molecule has 1 heterocycles. The van der Waals surface area contributed by atoms with Gasteiger partial charge in [-0.05, 0) is 44.6 Å². The van der Waals surface area contributed by atoms with Gasteiger partial charge < -0.3 is 15.4 Å². The van der Waals surface area contributed by atoms with Crippen molar-refractivity contribution in [2.75, 3.05) is 19.7 Å². The predicted molar refractivity (Wildman–Crippen MR) is 85.3 cm³/mol. The molecule has 0 spiro atoms. The molecule has 2 atom stereocenters. The molecule has 4 nitrogen and oxygen atoms in total. The molecule has 0 bridgehead atoms. The van der Waals surface area contributed by atoms with Gasteiger partial charge in [0.05, 0.1) is 12.1 Å². The fourth-order valence-corrected chi connectivity index (χ4v) is 3.46. The molecule has 0 aromatic rings. The second-order valence-corrected chi connectivity index (χ2v) is 6.58. The highest BCUT2D eigenvalue weighted by Crippen LogP contribution is 2.20. The number of rotatable bonds is 7. The average molecular weight is 296 g/mol. The summed E-state index contributed by atoms with van der Waals surface area (Å²) in [6, 6.07) is 0.0166. The summed E-state index contributed by atoms with van der Waals surface area (Å²) in [4.78, 5) is 12.1. The fourth-order valence-electron chi connectivity index (χ4n) is 3.46. The van der Waals surface area contributed by atoms with Crippen molar-refractivity contribution < 1.29 is 9.53 Å². The summed E-state index contributed by atoms with van der Waals surface area (Å²) in [5.74, 6) is 0.877. The SMILES string of the molecule is CCC1CCNC(C(=O)NCCCOC2CCCCC2)C1. The van der Waals surface area contributed by atoms with Crippen LogP contribution in [0.2, 0.25) is 0 Å². The summed E-state index contributed by atoms with van der Waals surface area (Å²) in [5, 5.41) is 6.39. The Morgan fingerprint density at radius 2 is 2.05 bits per heavy atom. The van der Waals surface area contributed by atoms with Crippen molar-refractivity contribution >= 4 is 5.91 Å². The molecule has 1 aliphatic heterocycles. The van der Waals surface area contributed by atoms with Crippen LogP contribution in [0, 0.1) is 5.92 Å². The van der Waals surface area contributed by atoms with Crippen molar-refractivity contribution in [3.05, 3.63) is 0 Å². The van der Waals surface area contributed by atoms with E-state index >= 15 is 0 Å². The quantitative estimate of drug-likeness (QED) is 0.710. The molecule has 21 heavy (non-hydrogen) atoms. The Morgan fingerprint density at radius 1 is 1.24 bits per heavy atom. The molecule has 1 saturated heterocycles. The zero-order chi connectivity index (χ0) is 14.9. The molecule has 122 valence electrons. The number of carbonyl (C=O) groups is 1. The predicted octanol–water partition coefficient (Wildman–Crippen LogP) is 2.62. The Balaban J connectivity index is 1.52. The van der Waals surface area contributed by atoms with Crippen LogP contribution in [0.3, 0.4) is 0 Å². The van der Waals surface area contributed by atoms with E-state index in [1.165, 1.54) is 44.9 Å². The van der Waals surface area contributed by atoms with Crippen LogP contribution in [0.4, 0.5) is 0 Å². The normalized spacial score (nSPS) is 27.5. The van der Waals surface area contributed by atoms with Gasteiger partial charge in [0.25, 0.3) is 0 Å². The van der Waals surface area contributed by atoms with E-state index in [9.17, 15) is 4.79 Å². The number of amides is 1. The van der Waals surface area contributed by atoms with Crippen LogP contribution in [0.5, 0.6) is 0 Å². The maximum Gasteiger partial charge on any atom is 0.237 e. The average Bonchev–Trinajstić information content (AvgIpc) is 2.55. The van der Waals surface area contributed by atoms with Crippen LogP contribution in [-0.2, 0) is 9.53 Å². The van der Waals surface area contributed by atoms with Crippen molar-refractivity contribution in [3.8, 4) is 0 Å². The molecule has 2 rings (SSSR count). The highest BCUT2D eigenvalue weighted by molar-refractivity contribution is 5.81. The Labute approximate surface area is 129 Å². The molecule has 2 fully saturated rings. The van der Waals surface area contributed by atoms with E-state index in [1.54, 1.807) is 0 Å². The number of hydrogen-bond acceptors (Lipinski definition) is 3. The van der Waals surface area contributed by atoms with Gasteiger partial charge in [0.1, 0.15) is 0 Å². The molecule has 1 aliphatic carbocycles. The van der Waals surface area contributed by atoms with E-state index in [4.69, 9.17) is 4.74 Å². The minimum absolute atomic E-state index is 0.0166. The number of nitrogens with one attached hydrogen (secondary N) is 2. The van der Waals surface area contributed by atoms with Crippen molar-refractivity contribution in [1.29, 1.82) is 0 Å². The summed E-state index contributed by atoms with van der Waals surface area (Å²) >= 11 is 0. The molecular weight excluding hydrogens is 264 g/mol. The second-order valence-electron chi connectivity index (χ2n) is 6.58. The summed E-state index contributed by atoms with van der Waals surface area (Å²) in [6.07, 6.45) is 11.2. The first-order valence-electron chi connectivity index (χ1n) is 8.92. The minimum atomic E-state index is 0.0166. The zero-order valence-electron chi connectivity index (χ0n) is 13.5. The van der Waals surface area contributed by atoms with Gasteiger partial charge in [0.2, 0.25) is 5.91 Å². The first kappa shape index (κ1) is 16.8. The Bertz CT molecular complexity index is 303. The van der Waals surface area contributed by atoms with Crippen LogP contribution in [0.25, 0.3) is 0 Å². The van der Waals surface area contributed by atoms with E-state index in [0.717, 1.165) is 32.5 Å². The van der Waals surface area contributed by atoms with Crippen LogP contribution in [0.1, 0.15) is 64.7 Å². The Hall–Kier alpha value is -0.610. The van der Waals surface area contributed by atoms with E-state index < -0.39 is 0 Å². The lowest BCUT2D eigenvalue weighted by atomic mass is 9.90. The monoisotopic (exact) mass is 296 g/mol. The number of ether oxygens (including phenoxy) is 1. The lowest BCUT2D eigenvalue weighted by Crippen LogP contribution is -2.48. The maximum absolute atomic E-state index is 12.1. The van der Waals surface area contributed by atoms with Gasteiger partial charge in [-0.15, -0.1) is 0 Å². The summed E-state index contributed by atoms with van der Waals surface area (Å²) in [5.41, 5.74) is 0. The highest BCUT2D eigenvalue weighted by Gasteiger charge is 2.25. The van der Waals surface area contributed by atoms with Crippen molar-refractivity contribution in [1.82, 2.24) is 10.6 Å². The third-order valence-electron chi connectivity index (χ3n) is 4.93. The smallest absolute Gasteiger partial charge is 0.237 e. The van der Waals surface area contributed by atoms with Crippen LogP contribution in [-0.4, -0.2) is 37.7 Å². The number of hydrogen-bond donors (Lipinski definition) is 2. The van der Waals surface area contributed by atoms with Gasteiger partial charge in [-0.3, -0.25) is 4.79 Å². The molecule has 1 amide bonds. The Kier molecular flexibility index (Phi) is 7.51. The first-order chi connectivity index (χ1) is 10.3. The third-order valence-corrected chi connectivity index (χ3v) is 4.93. The van der Waals surface area contributed by atoms with Crippen LogP contribution in [0.15, 0.2) is 0 Å². The molecular formula is C17H32N2O2. The highest BCUT2D eigenvalue weighted by atomic mass is 16.5. The van der Waals surface area contributed by atoms with Crippen molar-refractivity contribution in [2.24, 2.45) is 5.92 Å². The topological polar surface area (TPSA) is 50.4 Å². The van der Waals surface area contributed by atoms with Gasteiger partial charge in [-0.2, -0.15) is 0 Å². The van der Waals surface area contributed by atoms with Crippen molar-refractivity contribution in [3.63, 3.8) is 0 Å². The molecule has 4 heteroatoms. The van der Waals surface area contributed by atoms with Crippen LogP contribution < -0.4 is 10.6 Å². The zero-order valence-corrected chi connectivity index (χ0v) is 13.5. The van der Waals surface area contributed by atoms with Gasteiger partial charge in [-0.1, -0.05) is 32.6 Å². The molecule has 0 radical (unpaired) electrons. The molecule has 2 unspecified atom stereocenters. The second kappa shape index (κ2) is 9.42. The van der Waals surface area contributed by atoms with Gasteiger partial charge >= 0.3 is 0 Å². The maximum atomic E-state index is 12.1. The number of carbonyl (C=O) groups excluding carboxylic acids is 1. The van der Waals surface area contributed by atoms with E-state index in [1.807, 2.05) is 0 Å². The summed E-state index contributed by atoms with van der Waals surface area (Å²) in [7, 11) is 0. The van der Waals surface area contributed by atoms with Gasteiger partial charge in [0.15, 0.2) is 0 Å². The van der Waals surface area contributed by atoms with E-state index in [-0.39, 0.29) is 11.9 Å². The first-order valence-corrected chi connectivity index (χ1v) is 8.92. The lowest BCUT2D eigenvalue weighted by Gasteiger charge is -2.28. The lowest BCUT2D eigenvalue weighted by molar-refractivity contribution is -0.124. The molecule has 0 aromatic heterocycles. The fraction of sp³-hybridized carbons (Fsp3) is 0.941. The van der Waals surface area contributed by atoms with E-state index in [0.29, 0.717) is 12.0 Å². The van der Waals surface area contributed by atoms with Gasteiger partial charge in [0, 0.05) is 13.2 Å². The molecule has 0 aromatic carbocycles.